The largest absolute Gasteiger partial charge is 0.508 e. The standard InChI is InChI=1S/C15H11BrO4/c16-12-5-1-10(2-6-12)14(18)9-20-15(19)11-3-7-13(17)8-4-11/h1-8,17H,9H2. The SMILES string of the molecule is O=C(COC(=O)c1ccc(O)cc1)c1ccc(Br)cc1. The first-order valence-corrected chi connectivity index (χ1v) is 6.60. The Morgan fingerprint density at radius 1 is 0.950 bits per heavy atom. The van der Waals surface area contributed by atoms with Crippen molar-refractivity contribution >= 4 is 27.7 Å². The van der Waals surface area contributed by atoms with Gasteiger partial charge >= 0.3 is 5.97 Å². The Morgan fingerprint density at radius 3 is 2.10 bits per heavy atom. The van der Waals surface area contributed by atoms with Crippen molar-refractivity contribution in [3.63, 3.8) is 0 Å². The van der Waals surface area contributed by atoms with Crippen LogP contribution in [0.3, 0.4) is 0 Å². The zero-order valence-corrected chi connectivity index (χ0v) is 12.0. The number of carbonyl (C=O) groups is 2. The number of halogens is 1. The van der Waals surface area contributed by atoms with Crippen LogP contribution in [-0.2, 0) is 4.74 Å². The number of esters is 1. The van der Waals surface area contributed by atoms with Crippen LogP contribution in [0.1, 0.15) is 20.7 Å². The summed E-state index contributed by atoms with van der Waals surface area (Å²) in [4.78, 5) is 23.5. The summed E-state index contributed by atoms with van der Waals surface area (Å²) in [5.41, 5.74) is 0.762. The molecule has 0 amide bonds. The molecule has 0 saturated heterocycles. The zero-order chi connectivity index (χ0) is 14.5. The van der Waals surface area contributed by atoms with Crippen LogP contribution in [0.2, 0.25) is 0 Å². The van der Waals surface area contributed by atoms with Gasteiger partial charge in [0.25, 0.3) is 0 Å². The number of ketones is 1. The molecular formula is C15H11BrO4. The molecule has 2 aromatic carbocycles. The van der Waals surface area contributed by atoms with E-state index >= 15 is 0 Å². The molecule has 0 bridgehead atoms. The van der Waals surface area contributed by atoms with Crippen LogP contribution in [0, 0.1) is 0 Å². The molecule has 0 unspecified atom stereocenters. The number of phenolic OH excluding ortho intramolecular Hbond substituents is 1. The lowest BCUT2D eigenvalue weighted by Gasteiger charge is -2.04. The first kappa shape index (κ1) is 14.3. The smallest absolute Gasteiger partial charge is 0.338 e. The van der Waals surface area contributed by atoms with Crippen LogP contribution in [0.15, 0.2) is 53.0 Å². The van der Waals surface area contributed by atoms with Gasteiger partial charge in [-0.05, 0) is 36.4 Å². The Balaban J connectivity index is 1.94. The summed E-state index contributed by atoms with van der Waals surface area (Å²) in [7, 11) is 0. The Kier molecular flexibility index (Phi) is 4.53. The maximum absolute atomic E-state index is 11.8. The van der Waals surface area contributed by atoms with E-state index in [0.717, 1.165) is 4.47 Å². The number of Topliss-reactive ketones (excluding diaryl/α,β-unsaturated/α-hetero) is 1. The Hall–Kier alpha value is -2.14. The van der Waals surface area contributed by atoms with Crippen molar-refractivity contribution in [3.8, 4) is 5.75 Å². The summed E-state index contributed by atoms with van der Waals surface area (Å²) in [5.74, 6) is -0.812. The van der Waals surface area contributed by atoms with Crippen LogP contribution in [-0.4, -0.2) is 23.5 Å². The summed E-state index contributed by atoms with van der Waals surface area (Å²) >= 11 is 3.28. The lowest BCUT2D eigenvalue weighted by molar-refractivity contribution is 0.0474. The predicted octanol–water partition coefficient (Wildman–Crippen LogP) is 3.19. The molecule has 5 heteroatoms. The average molecular weight is 335 g/mol. The van der Waals surface area contributed by atoms with E-state index in [0.29, 0.717) is 5.56 Å². The van der Waals surface area contributed by atoms with Crippen LogP contribution >= 0.6 is 15.9 Å². The second-order valence-corrected chi connectivity index (χ2v) is 4.97. The van der Waals surface area contributed by atoms with Gasteiger partial charge < -0.3 is 9.84 Å². The third kappa shape index (κ3) is 3.68. The normalized spacial score (nSPS) is 10.1. The third-order valence-corrected chi connectivity index (χ3v) is 3.13. The minimum absolute atomic E-state index is 0.0625. The molecule has 102 valence electrons. The van der Waals surface area contributed by atoms with Crippen molar-refractivity contribution in [2.45, 2.75) is 0 Å². The highest BCUT2D eigenvalue weighted by Crippen LogP contribution is 2.12. The van der Waals surface area contributed by atoms with Crippen LogP contribution in [0.5, 0.6) is 5.75 Å². The third-order valence-electron chi connectivity index (χ3n) is 2.60. The minimum atomic E-state index is -0.601. The van der Waals surface area contributed by atoms with Gasteiger partial charge in [0.05, 0.1) is 5.56 Å². The monoisotopic (exact) mass is 334 g/mol. The van der Waals surface area contributed by atoms with E-state index < -0.39 is 5.97 Å². The van der Waals surface area contributed by atoms with Gasteiger partial charge in [-0.2, -0.15) is 0 Å². The van der Waals surface area contributed by atoms with Gasteiger partial charge in [0.15, 0.2) is 12.4 Å². The molecule has 20 heavy (non-hydrogen) atoms. The lowest BCUT2D eigenvalue weighted by atomic mass is 10.1. The molecule has 0 spiro atoms. The number of ether oxygens (including phenoxy) is 1. The van der Waals surface area contributed by atoms with Gasteiger partial charge in [0.1, 0.15) is 5.75 Å². The van der Waals surface area contributed by atoms with Crippen LogP contribution < -0.4 is 0 Å². The average Bonchev–Trinajstić information content (AvgIpc) is 2.46. The van der Waals surface area contributed by atoms with Gasteiger partial charge in [0, 0.05) is 10.0 Å². The van der Waals surface area contributed by atoms with Crippen LogP contribution in [0.25, 0.3) is 0 Å². The minimum Gasteiger partial charge on any atom is -0.508 e. The Morgan fingerprint density at radius 2 is 1.50 bits per heavy atom. The molecule has 0 fully saturated rings. The quantitative estimate of drug-likeness (QED) is 0.688. The van der Waals surface area contributed by atoms with Crippen molar-refractivity contribution in [3.05, 3.63) is 64.1 Å². The fourth-order valence-corrected chi connectivity index (χ4v) is 1.80. The Bertz CT molecular complexity index is 560. The number of benzene rings is 2. The van der Waals surface area contributed by atoms with Crippen molar-refractivity contribution in [2.75, 3.05) is 6.61 Å². The molecule has 0 saturated carbocycles. The van der Waals surface area contributed by atoms with Crippen molar-refractivity contribution in [1.29, 1.82) is 0 Å². The topological polar surface area (TPSA) is 63.6 Å². The van der Waals surface area contributed by atoms with Crippen molar-refractivity contribution in [1.82, 2.24) is 0 Å². The van der Waals surface area contributed by atoms with E-state index in [2.05, 4.69) is 15.9 Å². The van der Waals surface area contributed by atoms with Gasteiger partial charge in [-0.1, -0.05) is 28.1 Å². The van der Waals surface area contributed by atoms with E-state index in [-0.39, 0.29) is 23.7 Å². The molecule has 1 N–H and O–H groups in total. The van der Waals surface area contributed by atoms with Crippen molar-refractivity contribution in [2.24, 2.45) is 0 Å². The second kappa shape index (κ2) is 6.34. The molecule has 0 aromatic heterocycles. The fraction of sp³-hybridized carbons (Fsp3) is 0.0667. The first-order chi connectivity index (χ1) is 9.56. The number of carbonyl (C=O) groups excluding carboxylic acids is 2. The van der Waals surface area contributed by atoms with E-state index in [1.807, 2.05) is 0 Å². The Labute approximate surface area is 124 Å². The maximum atomic E-state index is 11.8. The zero-order valence-electron chi connectivity index (χ0n) is 10.4. The molecule has 0 heterocycles. The maximum Gasteiger partial charge on any atom is 0.338 e. The molecule has 0 atom stereocenters. The van der Waals surface area contributed by atoms with E-state index in [4.69, 9.17) is 9.84 Å². The van der Waals surface area contributed by atoms with Gasteiger partial charge in [-0.25, -0.2) is 4.79 Å². The summed E-state index contributed by atoms with van der Waals surface area (Å²) in [6.45, 7) is -0.318. The molecule has 0 aliphatic rings. The molecule has 0 radical (unpaired) electrons. The molecular weight excluding hydrogens is 324 g/mol. The molecule has 0 aliphatic carbocycles. The summed E-state index contributed by atoms with van der Waals surface area (Å²) in [5, 5.41) is 9.12. The number of hydrogen-bond acceptors (Lipinski definition) is 4. The van der Waals surface area contributed by atoms with Gasteiger partial charge in [-0.3, -0.25) is 4.79 Å². The first-order valence-electron chi connectivity index (χ1n) is 5.81. The van der Waals surface area contributed by atoms with E-state index in [1.165, 1.54) is 24.3 Å². The fourth-order valence-electron chi connectivity index (χ4n) is 1.53. The number of aromatic hydroxyl groups is 1. The number of rotatable bonds is 4. The van der Waals surface area contributed by atoms with E-state index in [9.17, 15) is 9.59 Å². The highest BCUT2D eigenvalue weighted by molar-refractivity contribution is 9.10. The van der Waals surface area contributed by atoms with Gasteiger partial charge in [-0.15, -0.1) is 0 Å². The predicted molar refractivity (Wildman–Crippen MR) is 76.9 cm³/mol. The highest BCUT2D eigenvalue weighted by atomic mass is 79.9. The van der Waals surface area contributed by atoms with Crippen molar-refractivity contribution < 1.29 is 19.4 Å². The summed E-state index contributed by atoms with van der Waals surface area (Å²) in [6, 6.07) is 12.4. The van der Waals surface area contributed by atoms with Crippen LogP contribution in [0.4, 0.5) is 0 Å². The molecule has 4 nitrogen and oxygen atoms in total. The summed E-state index contributed by atoms with van der Waals surface area (Å²) < 4.78 is 5.80. The molecule has 0 aliphatic heterocycles. The molecule has 2 aromatic rings. The van der Waals surface area contributed by atoms with Gasteiger partial charge in [0.2, 0.25) is 0 Å². The lowest BCUT2D eigenvalue weighted by Crippen LogP contribution is -2.14. The molecule has 2 rings (SSSR count). The number of phenols is 1. The summed E-state index contributed by atoms with van der Waals surface area (Å²) in [6.07, 6.45) is 0. The van der Waals surface area contributed by atoms with E-state index in [1.54, 1.807) is 24.3 Å². The highest BCUT2D eigenvalue weighted by Gasteiger charge is 2.11. The second-order valence-electron chi connectivity index (χ2n) is 4.05. The number of hydrogen-bond donors (Lipinski definition) is 1.